The highest BCUT2D eigenvalue weighted by atomic mass is 32.2. The largest absolute Gasteiger partial charge is 0.497 e. The average Bonchev–Trinajstić information content (AvgIpc) is 2.45. The van der Waals surface area contributed by atoms with Gasteiger partial charge in [0.1, 0.15) is 5.75 Å². The fraction of sp³-hybridized carbons (Fsp3) is 0.250. The van der Waals surface area contributed by atoms with Gasteiger partial charge in [-0.2, -0.15) is 0 Å². The fourth-order valence-corrected chi connectivity index (χ4v) is 2.65. The molecule has 2 rings (SSSR count). The van der Waals surface area contributed by atoms with Gasteiger partial charge in [0, 0.05) is 4.90 Å². The number of benzene rings is 2. The van der Waals surface area contributed by atoms with Crippen molar-refractivity contribution in [3.63, 3.8) is 0 Å². The van der Waals surface area contributed by atoms with Gasteiger partial charge in [-0.25, -0.2) is 0 Å². The van der Waals surface area contributed by atoms with Crippen molar-refractivity contribution < 1.29 is 4.74 Å². The monoisotopic (exact) mass is 258 g/mol. The third-order valence-electron chi connectivity index (χ3n) is 2.78. The van der Waals surface area contributed by atoms with E-state index in [2.05, 4.69) is 42.5 Å². The molecule has 0 saturated carbocycles. The molecule has 0 fully saturated rings. The van der Waals surface area contributed by atoms with Crippen LogP contribution < -0.4 is 4.74 Å². The maximum atomic E-state index is 5.15. The molecule has 94 valence electrons. The Morgan fingerprint density at radius 2 is 1.67 bits per heavy atom. The van der Waals surface area contributed by atoms with E-state index in [0.717, 1.165) is 17.9 Å². The zero-order valence-corrected chi connectivity index (χ0v) is 11.5. The van der Waals surface area contributed by atoms with E-state index in [9.17, 15) is 0 Å². The minimum atomic E-state index is 0.928. The first-order chi connectivity index (χ1) is 8.88. The lowest BCUT2D eigenvalue weighted by molar-refractivity contribution is 0.414. The van der Waals surface area contributed by atoms with Crippen LogP contribution in [0.3, 0.4) is 0 Å². The molecule has 0 aliphatic carbocycles. The van der Waals surface area contributed by atoms with Gasteiger partial charge in [0.25, 0.3) is 0 Å². The normalized spacial score (nSPS) is 10.3. The Kier molecular flexibility index (Phi) is 5.15. The van der Waals surface area contributed by atoms with E-state index >= 15 is 0 Å². The number of hydrogen-bond acceptors (Lipinski definition) is 2. The van der Waals surface area contributed by atoms with Gasteiger partial charge in [0.2, 0.25) is 0 Å². The Balaban J connectivity index is 1.72. The molecule has 0 aromatic heterocycles. The van der Waals surface area contributed by atoms with Gasteiger partial charge in [-0.3, -0.25) is 0 Å². The number of ether oxygens (including phenoxy) is 1. The van der Waals surface area contributed by atoms with E-state index in [1.165, 1.54) is 16.9 Å². The van der Waals surface area contributed by atoms with E-state index in [1.807, 2.05) is 23.9 Å². The SMILES string of the molecule is COc1ccc(CCCSc2ccccc2)cc1. The summed E-state index contributed by atoms with van der Waals surface area (Å²) >= 11 is 1.92. The lowest BCUT2D eigenvalue weighted by atomic mass is 10.1. The maximum Gasteiger partial charge on any atom is 0.118 e. The molecule has 2 heteroatoms. The molecule has 0 bridgehead atoms. The Labute approximate surface area is 113 Å². The molecule has 0 radical (unpaired) electrons. The van der Waals surface area contributed by atoms with Crippen LogP contribution in [0.2, 0.25) is 0 Å². The van der Waals surface area contributed by atoms with Gasteiger partial charge in [0.05, 0.1) is 7.11 Å². The Hall–Kier alpha value is -1.41. The highest BCUT2D eigenvalue weighted by Crippen LogP contribution is 2.19. The molecule has 0 spiro atoms. The van der Waals surface area contributed by atoms with E-state index < -0.39 is 0 Å². The van der Waals surface area contributed by atoms with Crippen LogP contribution in [-0.2, 0) is 6.42 Å². The molecule has 0 atom stereocenters. The molecule has 0 unspecified atom stereocenters. The van der Waals surface area contributed by atoms with E-state index in [-0.39, 0.29) is 0 Å². The lowest BCUT2D eigenvalue weighted by Crippen LogP contribution is -1.89. The molecular weight excluding hydrogens is 240 g/mol. The Morgan fingerprint density at radius 3 is 2.33 bits per heavy atom. The van der Waals surface area contributed by atoms with Crippen LogP contribution >= 0.6 is 11.8 Å². The summed E-state index contributed by atoms with van der Waals surface area (Å²) in [6, 6.07) is 18.9. The zero-order valence-electron chi connectivity index (χ0n) is 10.6. The van der Waals surface area contributed by atoms with Gasteiger partial charge in [0.15, 0.2) is 0 Å². The molecule has 0 N–H and O–H groups in total. The van der Waals surface area contributed by atoms with Crippen LogP contribution in [-0.4, -0.2) is 12.9 Å². The van der Waals surface area contributed by atoms with Crippen molar-refractivity contribution in [3.8, 4) is 5.75 Å². The predicted molar refractivity (Wildman–Crippen MR) is 78.5 cm³/mol. The van der Waals surface area contributed by atoms with Crippen LogP contribution in [0.5, 0.6) is 5.75 Å². The molecule has 0 aliphatic heterocycles. The second-order valence-corrected chi connectivity index (χ2v) is 5.28. The van der Waals surface area contributed by atoms with Crippen molar-refractivity contribution >= 4 is 11.8 Å². The third kappa shape index (κ3) is 4.11. The summed E-state index contributed by atoms with van der Waals surface area (Å²) in [4.78, 5) is 1.35. The summed E-state index contributed by atoms with van der Waals surface area (Å²) in [5.74, 6) is 2.09. The van der Waals surface area contributed by atoms with Gasteiger partial charge in [-0.15, -0.1) is 11.8 Å². The molecule has 0 amide bonds. The number of hydrogen-bond donors (Lipinski definition) is 0. The highest BCUT2D eigenvalue weighted by Gasteiger charge is 1.96. The van der Waals surface area contributed by atoms with Gasteiger partial charge in [-0.05, 0) is 48.4 Å². The zero-order chi connectivity index (χ0) is 12.6. The van der Waals surface area contributed by atoms with Gasteiger partial charge in [-0.1, -0.05) is 30.3 Å². The summed E-state index contributed by atoms with van der Waals surface area (Å²) in [7, 11) is 1.70. The molecular formula is C16H18OS. The maximum absolute atomic E-state index is 5.15. The van der Waals surface area contributed by atoms with Gasteiger partial charge >= 0.3 is 0 Å². The minimum Gasteiger partial charge on any atom is -0.497 e. The molecule has 0 saturated heterocycles. The molecule has 2 aromatic carbocycles. The van der Waals surface area contributed by atoms with E-state index in [1.54, 1.807) is 7.11 Å². The Morgan fingerprint density at radius 1 is 0.944 bits per heavy atom. The second-order valence-electron chi connectivity index (χ2n) is 4.11. The van der Waals surface area contributed by atoms with Crippen LogP contribution in [0.25, 0.3) is 0 Å². The summed E-state index contributed by atoms with van der Waals surface area (Å²) < 4.78 is 5.15. The second kappa shape index (κ2) is 7.12. The third-order valence-corrected chi connectivity index (χ3v) is 3.88. The smallest absolute Gasteiger partial charge is 0.118 e. The first-order valence-electron chi connectivity index (χ1n) is 6.19. The fourth-order valence-electron chi connectivity index (χ4n) is 1.78. The van der Waals surface area contributed by atoms with Crippen molar-refractivity contribution in [1.29, 1.82) is 0 Å². The van der Waals surface area contributed by atoms with Gasteiger partial charge < -0.3 is 4.74 Å². The first-order valence-corrected chi connectivity index (χ1v) is 7.18. The van der Waals surface area contributed by atoms with Crippen molar-refractivity contribution in [2.45, 2.75) is 17.7 Å². The molecule has 0 aliphatic rings. The number of aryl methyl sites for hydroxylation is 1. The molecule has 2 aromatic rings. The van der Waals surface area contributed by atoms with Crippen LogP contribution in [0, 0.1) is 0 Å². The van der Waals surface area contributed by atoms with Crippen molar-refractivity contribution in [2.75, 3.05) is 12.9 Å². The predicted octanol–water partition coefficient (Wildman–Crippen LogP) is 4.42. The Bertz CT molecular complexity index is 450. The van der Waals surface area contributed by atoms with Crippen molar-refractivity contribution in [3.05, 3.63) is 60.2 Å². The van der Waals surface area contributed by atoms with Crippen LogP contribution in [0.1, 0.15) is 12.0 Å². The quantitative estimate of drug-likeness (QED) is 0.560. The number of rotatable bonds is 6. The van der Waals surface area contributed by atoms with Crippen LogP contribution in [0.4, 0.5) is 0 Å². The summed E-state index contributed by atoms with van der Waals surface area (Å²) in [6.45, 7) is 0. The average molecular weight is 258 g/mol. The van der Waals surface area contributed by atoms with Crippen molar-refractivity contribution in [1.82, 2.24) is 0 Å². The van der Waals surface area contributed by atoms with E-state index in [0.29, 0.717) is 0 Å². The summed E-state index contributed by atoms with van der Waals surface area (Å²) in [5, 5.41) is 0. The van der Waals surface area contributed by atoms with Crippen LogP contribution in [0.15, 0.2) is 59.5 Å². The van der Waals surface area contributed by atoms with Crippen molar-refractivity contribution in [2.24, 2.45) is 0 Å². The van der Waals surface area contributed by atoms with E-state index in [4.69, 9.17) is 4.74 Å². The lowest BCUT2D eigenvalue weighted by Gasteiger charge is -2.04. The highest BCUT2D eigenvalue weighted by molar-refractivity contribution is 7.99. The molecule has 1 nitrogen and oxygen atoms in total. The number of thioether (sulfide) groups is 1. The standard InChI is InChI=1S/C16H18OS/c1-17-15-11-9-14(10-12-15)6-5-13-18-16-7-3-2-4-8-16/h2-4,7-12H,5-6,13H2,1H3. The minimum absolute atomic E-state index is 0.928. The molecule has 0 heterocycles. The topological polar surface area (TPSA) is 9.23 Å². The molecule has 18 heavy (non-hydrogen) atoms. The summed E-state index contributed by atoms with van der Waals surface area (Å²) in [6.07, 6.45) is 2.33. The summed E-state index contributed by atoms with van der Waals surface area (Å²) in [5.41, 5.74) is 1.38. The number of methoxy groups -OCH3 is 1. The first kappa shape index (κ1) is 13.0.